The van der Waals surface area contributed by atoms with Gasteiger partial charge in [0.25, 0.3) is 11.8 Å². The standard InChI is InChI=1S/C32H51N5O7S2/c1-6-9-17-37(35-45(41,42)23-24(4)5)22-30(38)29(18-25-13-11-10-12-14-25)34-31(39)26-19-27(21-28(20-26)46(33,43)44)32(40)36(15-7-2)16-8-3/h10-14,19-21,24,29-30,35,38H,6-9,15-18,22-23H2,1-5H3,(H,34,39)(H2,33,43,44). The first-order valence-corrected chi connectivity index (χ1v) is 19.0. The molecule has 2 unspecified atom stereocenters. The predicted octanol–water partition coefficient (Wildman–Crippen LogP) is 2.89. The highest BCUT2D eigenvalue weighted by molar-refractivity contribution is 7.89. The van der Waals surface area contributed by atoms with Gasteiger partial charge in [0, 0.05) is 37.3 Å². The number of carbonyl (C=O) groups excluding carboxylic acids is 2. The molecule has 0 aliphatic rings. The van der Waals surface area contributed by atoms with E-state index in [9.17, 15) is 31.5 Å². The molecule has 0 radical (unpaired) electrons. The number of unbranched alkanes of at least 4 members (excludes halogenated alkanes) is 1. The summed E-state index contributed by atoms with van der Waals surface area (Å²) < 4.78 is 50.3. The monoisotopic (exact) mass is 681 g/mol. The lowest BCUT2D eigenvalue weighted by Gasteiger charge is -2.30. The van der Waals surface area contributed by atoms with Gasteiger partial charge in [-0.15, -0.1) is 4.83 Å². The molecule has 46 heavy (non-hydrogen) atoms. The highest BCUT2D eigenvalue weighted by Gasteiger charge is 2.28. The zero-order valence-electron chi connectivity index (χ0n) is 27.6. The number of benzene rings is 2. The minimum atomic E-state index is -4.28. The molecule has 0 heterocycles. The van der Waals surface area contributed by atoms with E-state index in [1.165, 1.54) is 11.1 Å². The first-order valence-electron chi connectivity index (χ1n) is 15.8. The Labute approximate surface area is 274 Å². The maximum absolute atomic E-state index is 13.7. The summed E-state index contributed by atoms with van der Waals surface area (Å²) in [6.45, 7) is 10.5. The number of hydrogen-bond donors (Lipinski definition) is 4. The molecule has 12 nitrogen and oxygen atoms in total. The minimum absolute atomic E-state index is 0.00373. The summed E-state index contributed by atoms with van der Waals surface area (Å²) in [5, 5.41) is 21.2. The number of carbonyl (C=O) groups is 2. The van der Waals surface area contributed by atoms with Crippen molar-refractivity contribution in [2.45, 2.75) is 83.8 Å². The van der Waals surface area contributed by atoms with Crippen LogP contribution in [0.25, 0.3) is 0 Å². The topological polar surface area (TPSA) is 179 Å². The molecule has 0 spiro atoms. The van der Waals surface area contributed by atoms with Crippen molar-refractivity contribution in [1.82, 2.24) is 20.1 Å². The number of hydrazine groups is 1. The second-order valence-corrected chi connectivity index (χ2v) is 15.3. The van der Waals surface area contributed by atoms with Gasteiger partial charge in [0.1, 0.15) is 0 Å². The van der Waals surface area contributed by atoms with Crippen LogP contribution >= 0.6 is 0 Å². The van der Waals surface area contributed by atoms with Crippen molar-refractivity contribution in [2.75, 3.05) is 31.9 Å². The second kappa shape index (κ2) is 18.5. The molecule has 0 saturated heterocycles. The Bertz CT molecular complexity index is 1480. The molecule has 5 N–H and O–H groups in total. The Morgan fingerprint density at radius 2 is 1.50 bits per heavy atom. The van der Waals surface area contributed by atoms with Crippen LogP contribution in [0, 0.1) is 5.92 Å². The highest BCUT2D eigenvalue weighted by atomic mass is 32.2. The van der Waals surface area contributed by atoms with Crippen LogP contribution in [-0.2, 0) is 26.5 Å². The largest absolute Gasteiger partial charge is 0.390 e. The second-order valence-electron chi connectivity index (χ2n) is 12.0. The molecule has 0 bridgehead atoms. The van der Waals surface area contributed by atoms with Crippen molar-refractivity contribution in [1.29, 1.82) is 0 Å². The Morgan fingerprint density at radius 3 is 2.04 bits per heavy atom. The van der Waals surface area contributed by atoms with E-state index in [1.807, 2.05) is 51.1 Å². The summed E-state index contributed by atoms with van der Waals surface area (Å²) in [5.41, 5.74) is 0.689. The van der Waals surface area contributed by atoms with Crippen molar-refractivity contribution < 1.29 is 31.5 Å². The number of hydrogen-bond acceptors (Lipinski definition) is 8. The molecule has 0 aromatic heterocycles. The minimum Gasteiger partial charge on any atom is -0.390 e. The normalized spacial score (nSPS) is 13.5. The molecule has 2 aromatic rings. The molecular weight excluding hydrogens is 631 g/mol. The first kappa shape index (κ1) is 39.3. The van der Waals surface area contributed by atoms with E-state index in [4.69, 9.17) is 5.14 Å². The quantitative estimate of drug-likeness (QED) is 0.154. The van der Waals surface area contributed by atoms with Gasteiger partial charge in [-0.1, -0.05) is 71.4 Å². The van der Waals surface area contributed by atoms with Crippen LogP contribution < -0.4 is 15.3 Å². The maximum atomic E-state index is 13.7. The Kier molecular flexibility index (Phi) is 15.8. The smallest absolute Gasteiger partial charge is 0.253 e. The van der Waals surface area contributed by atoms with Crippen molar-refractivity contribution in [3.63, 3.8) is 0 Å². The molecule has 14 heteroatoms. The average molecular weight is 682 g/mol. The fourth-order valence-electron chi connectivity index (χ4n) is 5.01. The van der Waals surface area contributed by atoms with Crippen molar-refractivity contribution >= 4 is 31.9 Å². The third kappa shape index (κ3) is 13.1. The van der Waals surface area contributed by atoms with Crippen molar-refractivity contribution in [2.24, 2.45) is 11.1 Å². The molecule has 0 aliphatic heterocycles. The number of sulfonamides is 2. The third-order valence-corrected chi connectivity index (χ3v) is 9.64. The van der Waals surface area contributed by atoms with Gasteiger partial charge < -0.3 is 15.3 Å². The number of nitrogens with one attached hydrogen (secondary N) is 2. The summed E-state index contributed by atoms with van der Waals surface area (Å²) in [7, 11) is -7.96. The Morgan fingerprint density at radius 1 is 0.891 bits per heavy atom. The van der Waals surface area contributed by atoms with E-state index < -0.39 is 44.0 Å². The lowest BCUT2D eigenvalue weighted by molar-refractivity contribution is 0.0614. The highest BCUT2D eigenvalue weighted by Crippen LogP contribution is 2.18. The average Bonchev–Trinajstić information content (AvgIpc) is 2.98. The van der Waals surface area contributed by atoms with Crippen LogP contribution in [0.4, 0.5) is 0 Å². The predicted molar refractivity (Wildman–Crippen MR) is 180 cm³/mol. The molecule has 2 atom stereocenters. The van der Waals surface area contributed by atoms with Crippen LogP contribution in [0.15, 0.2) is 53.4 Å². The van der Waals surface area contributed by atoms with E-state index >= 15 is 0 Å². The van der Waals surface area contributed by atoms with Gasteiger partial charge in [-0.25, -0.2) is 27.0 Å². The Hall–Kier alpha value is -2.88. The molecule has 2 aromatic carbocycles. The summed E-state index contributed by atoms with van der Waals surface area (Å²) in [4.78, 5) is 30.9. The Balaban J connectivity index is 2.48. The van der Waals surface area contributed by atoms with Gasteiger partial charge >= 0.3 is 0 Å². The van der Waals surface area contributed by atoms with Crippen molar-refractivity contribution in [3.8, 4) is 0 Å². The molecule has 2 rings (SSSR count). The molecule has 258 valence electrons. The number of aliphatic hydroxyl groups excluding tert-OH is 1. The summed E-state index contributed by atoms with van der Waals surface area (Å²) >= 11 is 0. The molecule has 0 fully saturated rings. The lowest BCUT2D eigenvalue weighted by atomic mass is 10.00. The summed E-state index contributed by atoms with van der Waals surface area (Å²) in [6, 6.07) is 11.8. The number of rotatable bonds is 20. The van der Waals surface area contributed by atoms with E-state index in [-0.39, 0.29) is 40.7 Å². The number of primary sulfonamides is 1. The van der Waals surface area contributed by atoms with E-state index in [0.717, 1.165) is 24.1 Å². The van der Waals surface area contributed by atoms with Crippen molar-refractivity contribution in [3.05, 3.63) is 65.2 Å². The van der Waals surface area contributed by atoms with Gasteiger partial charge in [0.2, 0.25) is 20.0 Å². The van der Waals surface area contributed by atoms with Gasteiger partial charge in [0.15, 0.2) is 0 Å². The van der Waals surface area contributed by atoms with Crippen LogP contribution in [-0.4, -0.2) is 87.7 Å². The maximum Gasteiger partial charge on any atom is 0.253 e. The van der Waals surface area contributed by atoms with Crippen LogP contribution in [0.1, 0.15) is 86.6 Å². The molecular formula is C32H51N5O7S2. The van der Waals surface area contributed by atoms with Crippen LogP contribution in [0.5, 0.6) is 0 Å². The molecule has 2 amide bonds. The van der Waals surface area contributed by atoms with Crippen LogP contribution in [0.2, 0.25) is 0 Å². The number of nitrogens with two attached hydrogens (primary N) is 1. The SMILES string of the molecule is CCCCN(CC(O)C(Cc1ccccc1)NC(=O)c1cc(C(=O)N(CCC)CCC)cc(S(N)(=O)=O)c1)NS(=O)(=O)CC(C)C. The van der Waals surface area contributed by atoms with Gasteiger partial charge in [-0.2, -0.15) is 0 Å². The van der Waals surface area contributed by atoms with E-state index in [1.54, 1.807) is 18.7 Å². The molecule has 0 saturated carbocycles. The zero-order valence-corrected chi connectivity index (χ0v) is 29.2. The van der Waals surface area contributed by atoms with E-state index in [2.05, 4.69) is 10.1 Å². The van der Waals surface area contributed by atoms with Crippen LogP contribution in [0.3, 0.4) is 0 Å². The fourth-order valence-corrected chi connectivity index (χ4v) is 7.10. The van der Waals surface area contributed by atoms with E-state index in [0.29, 0.717) is 38.9 Å². The number of aliphatic hydroxyl groups is 1. The van der Waals surface area contributed by atoms with Gasteiger partial charge in [0.05, 0.1) is 22.8 Å². The fraction of sp³-hybridized carbons (Fsp3) is 0.562. The summed E-state index contributed by atoms with van der Waals surface area (Å²) in [6.07, 6.45) is 1.78. The number of nitrogens with zero attached hydrogens (tertiary/aromatic N) is 2. The lowest BCUT2D eigenvalue weighted by Crippen LogP contribution is -2.54. The zero-order chi connectivity index (χ0) is 34.5. The molecule has 0 aliphatic carbocycles. The third-order valence-electron chi connectivity index (χ3n) is 7.11. The van der Waals surface area contributed by atoms with Gasteiger partial charge in [-0.05, 0) is 55.4 Å². The first-order chi connectivity index (χ1) is 21.6. The number of amides is 2. The van der Waals surface area contributed by atoms with Gasteiger partial charge in [-0.3, -0.25) is 9.59 Å². The summed E-state index contributed by atoms with van der Waals surface area (Å²) in [5.74, 6) is -1.35.